The average Bonchev–Trinajstić information content (AvgIpc) is 3.05. The molecule has 0 aromatic heterocycles. The average molecular weight is 687 g/mol. The Morgan fingerprint density at radius 2 is 1.22 bits per heavy atom. The molecule has 0 aliphatic rings. The third kappa shape index (κ3) is 14.3. The van der Waals surface area contributed by atoms with E-state index in [-0.39, 0.29) is 43.9 Å². The van der Waals surface area contributed by atoms with Crippen LogP contribution < -0.4 is 38.5 Å². The maximum absolute atomic E-state index is 13.6. The molecule has 2 rings (SSSR count). The largest absolute Gasteiger partial charge is 0.508 e. The molecule has 0 heterocycles. The lowest BCUT2D eigenvalue weighted by Crippen LogP contribution is -2.59. The van der Waals surface area contributed by atoms with Gasteiger partial charge in [0.15, 0.2) is 5.96 Å². The minimum atomic E-state index is -1.86. The molecule has 0 saturated heterocycles. The highest BCUT2D eigenvalue weighted by Gasteiger charge is 2.32. The molecule has 266 valence electrons. The van der Waals surface area contributed by atoms with Gasteiger partial charge < -0.3 is 58.9 Å². The van der Waals surface area contributed by atoms with Gasteiger partial charge in [0, 0.05) is 13.0 Å². The Hall–Kier alpha value is -5.75. The number of benzene rings is 2. The second-order valence-electron chi connectivity index (χ2n) is 11.0. The number of carbonyl (C=O) groups is 6. The Kier molecular flexibility index (Phi) is 15.9. The zero-order chi connectivity index (χ0) is 36.5. The summed E-state index contributed by atoms with van der Waals surface area (Å²) >= 11 is 0. The molecule has 0 unspecified atom stereocenters. The van der Waals surface area contributed by atoms with Crippen molar-refractivity contribution in [3.8, 4) is 5.75 Å². The van der Waals surface area contributed by atoms with E-state index in [4.69, 9.17) is 22.3 Å². The van der Waals surface area contributed by atoms with Gasteiger partial charge in [-0.2, -0.15) is 0 Å². The van der Waals surface area contributed by atoms with Gasteiger partial charge >= 0.3 is 11.9 Å². The highest BCUT2D eigenvalue weighted by molar-refractivity contribution is 5.96. The minimum Gasteiger partial charge on any atom is -0.508 e. The van der Waals surface area contributed by atoms with Gasteiger partial charge in [0.25, 0.3) is 0 Å². The maximum atomic E-state index is 13.6. The van der Waals surface area contributed by atoms with Crippen LogP contribution in [0.2, 0.25) is 0 Å². The van der Waals surface area contributed by atoms with Crippen LogP contribution in [0.4, 0.5) is 0 Å². The van der Waals surface area contributed by atoms with Crippen LogP contribution in [0.3, 0.4) is 0 Å². The zero-order valence-corrected chi connectivity index (χ0v) is 26.5. The third-order valence-electron chi connectivity index (χ3n) is 7.03. The van der Waals surface area contributed by atoms with Gasteiger partial charge in [-0.15, -0.1) is 0 Å². The zero-order valence-electron chi connectivity index (χ0n) is 26.5. The number of aliphatic carboxylic acids is 2. The number of carboxylic acid groups (broad SMARTS) is 2. The molecule has 0 fully saturated rings. The van der Waals surface area contributed by atoms with Crippen molar-refractivity contribution in [3.63, 3.8) is 0 Å². The molecular weight excluding hydrogens is 644 g/mol. The van der Waals surface area contributed by atoms with Crippen LogP contribution in [-0.2, 0) is 41.6 Å². The van der Waals surface area contributed by atoms with Crippen LogP contribution in [0.5, 0.6) is 5.75 Å². The van der Waals surface area contributed by atoms with Gasteiger partial charge in [-0.25, -0.2) is 4.79 Å². The molecule has 0 saturated carbocycles. The van der Waals surface area contributed by atoms with Crippen molar-refractivity contribution >= 4 is 41.5 Å². The number of hydrogen-bond acceptors (Lipinski definition) is 10. The summed E-state index contributed by atoms with van der Waals surface area (Å²) in [5.74, 6) is -7.10. The smallest absolute Gasteiger partial charge is 0.326 e. The number of nitrogens with one attached hydrogen (secondary N) is 4. The van der Waals surface area contributed by atoms with Gasteiger partial charge in [0.2, 0.25) is 23.6 Å². The number of amides is 4. The van der Waals surface area contributed by atoms with Crippen molar-refractivity contribution in [2.45, 2.75) is 62.3 Å². The molecule has 14 N–H and O–H groups in total. The molecule has 0 aliphatic heterocycles. The minimum absolute atomic E-state index is 0.0157. The van der Waals surface area contributed by atoms with E-state index in [2.05, 4.69) is 20.9 Å². The molecule has 0 radical (unpaired) electrons. The molecule has 0 aliphatic carbocycles. The topological polar surface area (TPSA) is 322 Å². The van der Waals surface area contributed by atoms with Crippen molar-refractivity contribution in [2.75, 3.05) is 13.2 Å². The second-order valence-corrected chi connectivity index (χ2v) is 11.0. The van der Waals surface area contributed by atoms with Crippen molar-refractivity contribution in [3.05, 3.63) is 65.7 Å². The van der Waals surface area contributed by atoms with Gasteiger partial charge in [0.05, 0.1) is 19.1 Å². The quantitative estimate of drug-likeness (QED) is 0.0377. The lowest BCUT2D eigenvalue weighted by molar-refractivity contribution is -0.147. The third-order valence-corrected chi connectivity index (χ3v) is 7.03. The fraction of sp³-hybridized carbons (Fsp3) is 0.387. The van der Waals surface area contributed by atoms with E-state index in [1.165, 1.54) is 24.3 Å². The van der Waals surface area contributed by atoms with Crippen molar-refractivity contribution in [1.29, 1.82) is 0 Å². The predicted molar refractivity (Wildman–Crippen MR) is 175 cm³/mol. The molecule has 0 bridgehead atoms. The van der Waals surface area contributed by atoms with E-state index in [1.807, 2.05) is 5.32 Å². The van der Waals surface area contributed by atoms with Gasteiger partial charge in [0.1, 0.15) is 29.9 Å². The van der Waals surface area contributed by atoms with Gasteiger partial charge in [-0.3, -0.25) is 29.0 Å². The highest BCUT2D eigenvalue weighted by Crippen LogP contribution is 2.12. The summed E-state index contributed by atoms with van der Waals surface area (Å²) in [6, 6.07) is 7.24. The number of rotatable bonds is 20. The lowest BCUT2D eigenvalue weighted by atomic mass is 10.0. The Morgan fingerprint density at radius 3 is 1.80 bits per heavy atom. The number of guanidine groups is 1. The summed E-state index contributed by atoms with van der Waals surface area (Å²) in [5.41, 5.74) is 18.1. The highest BCUT2D eigenvalue weighted by atomic mass is 16.4. The molecule has 2 aromatic carbocycles. The molecule has 18 heteroatoms. The van der Waals surface area contributed by atoms with Crippen molar-refractivity contribution in [1.82, 2.24) is 21.3 Å². The van der Waals surface area contributed by atoms with Gasteiger partial charge in [-0.1, -0.05) is 42.5 Å². The van der Waals surface area contributed by atoms with E-state index in [1.54, 1.807) is 30.3 Å². The van der Waals surface area contributed by atoms with E-state index in [0.717, 1.165) is 5.56 Å². The first-order chi connectivity index (χ1) is 23.2. The predicted octanol–water partition coefficient (Wildman–Crippen LogP) is -2.95. The fourth-order valence-electron chi connectivity index (χ4n) is 4.47. The first-order valence-electron chi connectivity index (χ1n) is 15.1. The summed E-state index contributed by atoms with van der Waals surface area (Å²) in [6.07, 6.45) is -0.760. The molecule has 18 nitrogen and oxygen atoms in total. The van der Waals surface area contributed by atoms with Crippen molar-refractivity contribution in [2.24, 2.45) is 22.2 Å². The van der Waals surface area contributed by atoms with Crippen LogP contribution in [-0.4, -0.2) is 105 Å². The number of phenolic OH excluding ortho intramolecular Hbond substituents is 1. The molecular formula is C31H42N8O10. The lowest BCUT2D eigenvalue weighted by Gasteiger charge is -2.26. The number of aliphatic imine (C=N–C) groups is 1. The van der Waals surface area contributed by atoms with E-state index < -0.39 is 78.8 Å². The van der Waals surface area contributed by atoms with Crippen LogP contribution >= 0.6 is 0 Å². The fourth-order valence-corrected chi connectivity index (χ4v) is 4.47. The summed E-state index contributed by atoms with van der Waals surface area (Å²) < 4.78 is 0. The Morgan fingerprint density at radius 1 is 0.694 bits per heavy atom. The Balaban J connectivity index is 2.30. The number of phenols is 1. The number of aliphatic hydroxyl groups excluding tert-OH is 1. The second kappa shape index (κ2) is 19.8. The van der Waals surface area contributed by atoms with Crippen LogP contribution in [0.15, 0.2) is 59.6 Å². The van der Waals surface area contributed by atoms with Crippen LogP contribution in [0.1, 0.15) is 30.4 Å². The number of carbonyl (C=O) groups excluding carboxylic acids is 4. The molecule has 4 amide bonds. The molecule has 5 atom stereocenters. The number of hydrogen-bond donors (Lipinski definition) is 11. The molecule has 0 spiro atoms. The van der Waals surface area contributed by atoms with Crippen LogP contribution in [0.25, 0.3) is 0 Å². The normalized spacial score (nSPS) is 13.8. The Bertz CT molecular complexity index is 1470. The summed E-state index contributed by atoms with van der Waals surface area (Å²) in [7, 11) is 0. The first-order valence-corrected chi connectivity index (χ1v) is 15.1. The number of nitrogens with two attached hydrogens (primary N) is 3. The summed E-state index contributed by atoms with van der Waals surface area (Å²) in [5, 5.41) is 47.0. The molecule has 2 aromatic rings. The SMILES string of the molecule is NC(N)=NCCC[C@H](NC(=O)[C@@H](N)Cc1ccccc1)C(=O)N[C@@H](Cc1ccc(O)cc1)C(=O)N[C@@H](CO)C(=O)N[C@@H](CC(=O)O)C(=O)O. The number of aromatic hydroxyl groups is 1. The van der Waals surface area contributed by atoms with Crippen molar-refractivity contribution < 1.29 is 49.2 Å². The first kappa shape index (κ1) is 39.4. The number of nitrogens with zero attached hydrogens (tertiary/aromatic N) is 1. The van der Waals surface area contributed by atoms with Crippen LogP contribution in [0, 0.1) is 0 Å². The Labute approximate surface area is 281 Å². The summed E-state index contributed by atoms with van der Waals surface area (Å²) in [4.78, 5) is 79.2. The summed E-state index contributed by atoms with van der Waals surface area (Å²) in [6.45, 7) is -0.901. The monoisotopic (exact) mass is 686 g/mol. The number of aliphatic hydroxyl groups is 1. The van der Waals surface area contributed by atoms with Gasteiger partial charge in [-0.05, 0) is 42.5 Å². The molecule has 49 heavy (non-hydrogen) atoms. The van der Waals surface area contributed by atoms with E-state index in [9.17, 15) is 44.1 Å². The number of carboxylic acids is 2. The maximum Gasteiger partial charge on any atom is 0.326 e. The van der Waals surface area contributed by atoms with E-state index >= 15 is 0 Å². The van der Waals surface area contributed by atoms with E-state index in [0.29, 0.717) is 5.56 Å². The standard InChI is InChI=1S/C31H42N8O10/c32-20(13-17-5-2-1-3-6-17)26(44)36-21(7-4-12-35-31(33)34)27(45)37-22(14-18-8-10-19(41)11-9-18)28(46)39-24(16-40)29(47)38-23(30(48)49)15-25(42)43/h1-3,5-6,8-11,20-24,40-41H,4,7,12-16,32H2,(H,36,44)(H,37,45)(H,38,47)(H,39,46)(H,42,43)(H,48,49)(H4,33,34,35)/t20-,21-,22-,23-,24-/m0/s1.